The number of rotatable bonds is 3. The summed E-state index contributed by atoms with van der Waals surface area (Å²) in [6.45, 7) is 7.04. The highest BCUT2D eigenvalue weighted by Gasteiger charge is 2.33. The van der Waals surface area contributed by atoms with Crippen LogP contribution in [0.4, 0.5) is 5.13 Å². The Morgan fingerprint density at radius 1 is 1.33 bits per heavy atom. The van der Waals surface area contributed by atoms with E-state index in [0.29, 0.717) is 18.6 Å². The van der Waals surface area contributed by atoms with E-state index in [4.69, 9.17) is 0 Å². The summed E-state index contributed by atoms with van der Waals surface area (Å²) in [6, 6.07) is 5.31. The molecule has 1 fully saturated rings. The van der Waals surface area contributed by atoms with Crippen LogP contribution in [0.15, 0.2) is 23.1 Å². The van der Waals surface area contributed by atoms with Crippen molar-refractivity contribution in [2.75, 3.05) is 24.2 Å². The molecule has 2 aromatic rings. The minimum Gasteiger partial charge on any atom is -0.349 e. The maximum atomic E-state index is 12.0. The number of nitrogens with one attached hydrogen (secondary N) is 1. The second-order valence-electron chi connectivity index (χ2n) is 7.20. The summed E-state index contributed by atoms with van der Waals surface area (Å²) in [6.07, 6.45) is 1.20. The van der Waals surface area contributed by atoms with Crippen LogP contribution >= 0.6 is 11.3 Å². The first kappa shape index (κ1) is 17.2. The molecule has 0 atom stereocenters. The first-order valence-corrected chi connectivity index (χ1v) is 10.4. The highest BCUT2D eigenvalue weighted by Crippen LogP contribution is 2.34. The molecular weight excluding hydrogens is 346 g/mol. The molecule has 1 amide bonds. The van der Waals surface area contributed by atoms with E-state index in [1.807, 2.05) is 26.8 Å². The van der Waals surface area contributed by atoms with Crippen molar-refractivity contribution in [2.24, 2.45) is 5.41 Å². The Bertz CT molecular complexity index is 891. The van der Waals surface area contributed by atoms with Gasteiger partial charge < -0.3 is 10.2 Å². The van der Waals surface area contributed by atoms with Gasteiger partial charge in [-0.25, -0.2) is 13.4 Å². The Morgan fingerprint density at radius 2 is 2.00 bits per heavy atom. The van der Waals surface area contributed by atoms with Gasteiger partial charge in [0.05, 0.1) is 15.6 Å². The lowest BCUT2D eigenvalue weighted by molar-refractivity contribution is -0.129. The summed E-state index contributed by atoms with van der Waals surface area (Å²) in [4.78, 5) is 18.8. The maximum absolute atomic E-state index is 12.0. The maximum Gasteiger partial charge on any atom is 0.225 e. The SMILES string of the molecule is CC(C)(C)C(=O)NC1CN(c2nc3c(S(C)(=O)=O)cccc3s2)C1. The smallest absolute Gasteiger partial charge is 0.225 e. The van der Waals surface area contributed by atoms with E-state index in [2.05, 4.69) is 15.2 Å². The van der Waals surface area contributed by atoms with Crippen LogP contribution in [0.1, 0.15) is 20.8 Å². The molecule has 0 radical (unpaired) electrons. The zero-order chi connectivity index (χ0) is 17.7. The summed E-state index contributed by atoms with van der Waals surface area (Å²) in [5.74, 6) is 0.0378. The first-order chi connectivity index (χ1) is 11.1. The normalized spacial score (nSPS) is 16.2. The van der Waals surface area contributed by atoms with Crippen molar-refractivity contribution in [3.05, 3.63) is 18.2 Å². The number of aromatic nitrogens is 1. The summed E-state index contributed by atoms with van der Waals surface area (Å²) in [5, 5.41) is 3.82. The standard InChI is InChI=1S/C16H21N3O3S2/c1-16(2,3)14(20)17-10-8-19(9-10)15-18-13-11(23-15)6-5-7-12(13)24(4,21)22/h5-7,10H,8-9H2,1-4H3,(H,17,20). The van der Waals surface area contributed by atoms with E-state index in [-0.39, 0.29) is 16.8 Å². The van der Waals surface area contributed by atoms with Gasteiger partial charge in [0, 0.05) is 24.8 Å². The number of benzene rings is 1. The molecule has 0 unspecified atom stereocenters. The van der Waals surface area contributed by atoms with Crippen molar-refractivity contribution < 1.29 is 13.2 Å². The fourth-order valence-corrected chi connectivity index (χ4v) is 4.38. The summed E-state index contributed by atoms with van der Waals surface area (Å²) < 4.78 is 24.6. The zero-order valence-electron chi connectivity index (χ0n) is 14.2. The van der Waals surface area contributed by atoms with Crippen LogP contribution in [0.25, 0.3) is 10.2 Å². The van der Waals surface area contributed by atoms with Gasteiger partial charge >= 0.3 is 0 Å². The van der Waals surface area contributed by atoms with E-state index in [0.717, 1.165) is 9.83 Å². The van der Waals surface area contributed by atoms with Crippen molar-refractivity contribution in [3.8, 4) is 0 Å². The van der Waals surface area contributed by atoms with E-state index < -0.39 is 15.3 Å². The third kappa shape index (κ3) is 3.25. The van der Waals surface area contributed by atoms with E-state index in [1.165, 1.54) is 17.6 Å². The van der Waals surface area contributed by atoms with Crippen molar-refractivity contribution in [3.63, 3.8) is 0 Å². The number of sulfone groups is 1. The van der Waals surface area contributed by atoms with Gasteiger partial charge in [0.25, 0.3) is 0 Å². The molecule has 0 saturated carbocycles. The minimum absolute atomic E-state index is 0.0378. The Morgan fingerprint density at radius 3 is 2.58 bits per heavy atom. The van der Waals surface area contributed by atoms with Gasteiger partial charge in [-0.1, -0.05) is 38.2 Å². The Balaban J connectivity index is 1.75. The molecule has 6 nitrogen and oxygen atoms in total. The van der Waals surface area contributed by atoms with Gasteiger partial charge in [0.1, 0.15) is 5.52 Å². The van der Waals surface area contributed by atoms with Crippen LogP contribution < -0.4 is 10.2 Å². The van der Waals surface area contributed by atoms with Crippen LogP contribution in [0, 0.1) is 5.41 Å². The highest BCUT2D eigenvalue weighted by atomic mass is 32.2. The number of nitrogens with zero attached hydrogens (tertiary/aromatic N) is 2. The van der Waals surface area contributed by atoms with Gasteiger partial charge in [-0.2, -0.15) is 0 Å². The topological polar surface area (TPSA) is 79.4 Å². The molecule has 1 aromatic carbocycles. The number of para-hydroxylation sites is 1. The fraction of sp³-hybridized carbons (Fsp3) is 0.500. The minimum atomic E-state index is -3.30. The summed E-state index contributed by atoms with van der Waals surface area (Å²) in [7, 11) is -3.30. The van der Waals surface area contributed by atoms with Crippen LogP contribution in [-0.2, 0) is 14.6 Å². The lowest BCUT2D eigenvalue weighted by Crippen LogP contribution is -2.60. The number of fused-ring (bicyclic) bond motifs is 1. The largest absolute Gasteiger partial charge is 0.349 e. The van der Waals surface area contributed by atoms with Crippen molar-refractivity contribution in [2.45, 2.75) is 31.7 Å². The molecule has 0 aliphatic carbocycles. The number of hydrogen-bond acceptors (Lipinski definition) is 6. The summed E-state index contributed by atoms with van der Waals surface area (Å²) >= 11 is 1.48. The van der Waals surface area contributed by atoms with E-state index >= 15 is 0 Å². The molecule has 24 heavy (non-hydrogen) atoms. The first-order valence-electron chi connectivity index (χ1n) is 7.71. The second-order valence-corrected chi connectivity index (χ2v) is 10.2. The van der Waals surface area contributed by atoms with E-state index in [9.17, 15) is 13.2 Å². The molecule has 3 rings (SSSR count). The molecular formula is C16H21N3O3S2. The van der Waals surface area contributed by atoms with Crippen molar-refractivity contribution in [1.82, 2.24) is 10.3 Å². The van der Waals surface area contributed by atoms with Gasteiger partial charge in [0.2, 0.25) is 5.91 Å². The molecule has 2 heterocycles. The Kier molecular flexibility index (Phi) is 4.08. The van der Waals surface area contributed by atoms with E-state index in [1.54, 1.807) is 12.1 Å². The zero-order valence-corrected chi connectivity index (χ0v) is 15.8. The Labute approximate surface area is 145 Å². The number of carbonyl (C=O) groups is 1. The van der Waals surface area contributed by atoms with Gasteiger partial charge in [-0.05, 0) is 12.1 Å². The van der Waals surface area contributed by atoms with Gasteiger partial charge in [-0.15, -0.1) is 0 Å². The number of thiazole rings is 1. The van der Waals surface area contributed by atoms with Crippen molar-refractivity contribution >= 4 is 42.4 Å². The predicted octanol–water partition coefficient (Wildman–Crippen LogP) is 2.05. The summed E-state index contributed by atoms with van der Waals surface area (Å²) in [5.41, 5.74) is 0.128. The molecule has 1 aliphatic rings. The lowest BCUT2D eigenvalue weighted by atomic mass is 9.94. The number of carbonyl (C=O) groups excluding carboxylic acids is 1. The van der Waals surface area contributed by atoms with Crippen LogP contribution in [-0.4, -0.2) is 44.7 Å². The molecule has 0 spiro atoms. The molecule has 1 N–H and O–H groups in total. The van der Waals surface area contributed by atoms with Gasteiger partial charge in [-0.3, -0.25) is 4.79 Å². The average Bonchev–Trinajstić information content (AvgIpc) is 2.82. The molecule has 1 aromatic heterocycles. The molecule has 8 heteroatoms. The van der Waals surface area contributed by atoms with Crippen LogP contribution in [0.3, 0.4) is 0 Å². The van der Waals surface area contributed by atoms with Gasteiger partial charge in [0.15, 0.2) is 15.0 Å². The molecule has 1 saturated heterocycles. The number of hydrogen-bond donors (Lipinski definition) is 1. The second kappa shape index (κ2) is 5.70. The van der Waals surface area contributed by atoms with Crippen LogP contribution in [0.5, 0.6) is 0 Å². The fourth-order valence-electron chi connectivity index (χ4n) is 2.47. The Hall–Kier alpha value is -1.67. The monoisotopic (exact) mass is 367 g/mol. The molecule has 130 valence electrons. The third-order valence-electron chi connectivity index (χ3n) is 3.94. The number of anilines is 1. The average molecular weight is 367 g/mol. The molecule has 1 aliphatic heterocycles. The quantitative estimate of drug-likeness (QED) is 0.898. The van der Waals surface area contributed by atoms with Crippen LogP contribution in [0.2, 0.25) is 0 Å². The highest BCUT2D eigenvalue weighted by molar-refractivity contribution is 7.91. The van der Waals surface area contributed by atoms with Crippen molar-refractivity contribution in [1.29, 1.82) is 0 Å². The third-order valence-corrected chi connectivity index (χ3v) is 6.15. The predicted molar refractivity (Wildman–Crippen MR) is 96.3 cm³/mol. The number of amides is 1. The molecule has 0 bridgehead atoms. The lowest BCUT2D eigenvalue weighted by Gasteiger charge is -2.40.